The number of aliphatic hydroxyl groups is 1. The number of aromatic nitrogens is 2. The summed E-state index contributed by atoms with van der Waals surface area (Å²) < 4.78 is 27.1. The number of hydrogen-bond donors (Lipinski definition) is 6. The molecule has 0 aliphatic carbocycles. The van der Waals surface area contributed by atoms with Crippen LogP contribution in [0.25, 0.3) is 34.0 Å². The van der Waals surface area contributed by atoms with Crippen LogP contribution in [0, 0.1) is 23.7 Å². The van der Waals surface area contributed by atoms with Crippen LogP contribution < -0.4 is 21.5 Å². The van der Waals surface area contributed by atoms with Gasteiger partial charge in [0.1, 0.15) is 52.7 Å². The average Bonchev–Trinajstić information content (AvgIpc) is 0.831. The first-order valence-electron chi connectivity index (χ1n) is 34.7. The number of ether oxygens (including phenoxy) is 5. The molecule has 8 atom stereocenters. The number of hydrazine groups is 2. The van der Waals surface area contributed by atoms with Crippen molar-refractivity contribution in [1.29, 1.82) is 0 Å². The van der Waals surface area contributed by atoms with Crippen molar-refractivity contribution in [2.24, 2.45) is 23.7 Å². The number of rotatable bonds is 23. The highest BCUT2D eigenvalue weighted by Gasteiger charge is 2.37. The van der Waals surface area contributed by atoms with Crippen LogP contribution in [-0.4, -0.2) is 149 Å². The first kappa shape index (κ1) is 84.7. The van der Waals surface area contributed by atoms with Crippen molar-refractivity contribution in [1.82, 2.24) is 41.5 Å². The third-order valence-corrected chi connectivity index (χ3v) is 15.6. The molecule has 2 aromatic heterocycles. The average molecular weight is 1410 g/mol. The normalized spacial score (nSPS) is 17.1. The van der Waals surface area contributed by atoms with Gasteiger partial charge in [-0.15, -0.1) is 0 Å². The maximum Gasteiger partial charge on any atom is 0.325 e. The monoisotopic (exact) mass is 1410 g/mol. The molecule has 25 heteroatoms. The van der Waals surface area contributed by atoms with Crippen LogP contribution in [0.3, 0.4) is 0 Å². The molecule has 0 spiro atoms. The Balaban J connectivity index is 0.000000356. The molecule has 4 aromatic rings. The highest BCUT2D eigenvalue weighted by Crippen LogP contribution is 2.27. The topological polar surface area (TPSA) is 338 Å². The van der Waals surface area contributed by atoms with Gasteiger partial charge in [-0.1, -0.05) is 64.1 Å². The first-order chi connectivity index (χ1) is 46.8. The Labute approximate surface area is 595 Å². The molecule has 6 rings (SSSR count). The number of benzene rings is 2. The van der Waals surface area contributed by atoms with Gasteiger partial charge in [0.25, 0.3) is 11.8 Å². The highest BCUT2D eigenvalue weighted by molar-refractivity contribution is 5.92. The number of aliphatic carboxylic acids is 1. The van der Waals surface area contributed by atoms with E-state index >= 15 is 0 Å². The summed E-state index contributed by atoms with van der Waals surface area (Å²) in [6.07, 6.45) is 11.8. The Morgan fingerprint density at radius 2 is 0.901 bits per heavy atom. The molecule has 2 aromatic carbocycles. The molecule has 2 fully saturated rings. The lowest BCUT2D eigenvalue weighted by Gasteiger charge is -2.35. The maximum atomic E-state index is 13.3. The Hall–Kier alpha value is -8.68. The molecule has 0 bridgehead atoms. The quantitative estimate of drug-likeness (QED) is 0.0297. The summed E-state index contributed by atoms with van der Waals surface area (Å²) in [6.45, 7) is 36.3. The predicted octanol–water partition coefficient (Wildman–Crippen LogP) is 10.7. The molecule has 101 heavy (non-hydrogen) atoms. The van der Waals surface area contributed by atoms with Gasteiger partial charge in [0.2, 0.25) is 11.8 Å². The van der Waals surface area contributed by atoms with Gasteiger partial charge < -0.3 is 44.5 Å². The number of carboxylic acid groups (broad SMARTS) is 1. The molecule has 556 valence electrons. The number of hydrogen-bond acceptors (Lipinski definition) is 20. The van der Waals surface area contributed by atoms with Crippen LogP contribution in [0.15, 0.2) is 73.1 Å². The number of carboxylic acids is 1. The fourth-order valence-electron chi connectivity index (χ4n) is 10.6. The molecule has 2 saturated heterocycles. The minimum Gasteiger partial charge on any atom is -0.480 e. The van der Waals surface area contributed by atoms with Crippen LogP contribution >= 0.6 is 0 Å². The molecule has 4 heterocycles. The van der Waals surface area contributed by atoms with E-state index in [1.54, 1.807) is 86.9 Å². The minimum absolute atomic E-state index is 0.0786. The fraction of sp³-hybridized carbons (Fsp3) is 0.579. The van der Waals surface area contributed by atoms with Gasteiger partial charge in [-0.25, -0.2) is 10.9 Å². The number of carbonyl (C=O) groups is 10. The van der Waals surface area contributed by atoms with Crippen LogP contribution in [0.4, 0.5) is 0 Å². The third kappa shape index (κ3) is 30.2. The summed E-state index contributed by atoms with van der Waals surface area (Å²) in [5.41, 5.74) is 8.33. The zero-order valence-corrected chi connectivity index (χ0v) is 62.7. The van der Waals surface area contributed by atoms with E-state index in [2.05, 4.69) is 31.5 Å². The number of nitrogens with zero attached hydrogens (tertiary/aromatic N) is 4. The molecule has 4 amide bonds. The second kappa shape index (κ2) is 37.8. The highest BCUT2D eigenvalue weighted by atomic mass is 16.6. The summed E-state index contributed by atoms with van der Waals surface area (Å²) in [4.78, 5) is 133. The third-order valence-electron chi connectivity index (χ3n) is 15.6. The molecular formula is C76H110N8O17. The second-order valence-corrected chi connectivity index (χ2v) is 30.3. The van der Waals surface area contributed by atoms with E-state index in [-0.39, 0.29) is 49.5 Å². The van der Waals surface area contributed by atoms with Crippen molar-refractivity contribution in [3.8, 4) is 0 Å². The molecule has 0 saturated carbocycles. The van der Waals surface area contributed by atoms with Gasteiger partial charge in [0.15, 0.2) is 0 Å². The smallest absolute Gasteiger partial charge is 0.325 e. The number of amides is 4. The lowest BCUT2D eigenvalue weighted by molar-refractivity contribution is -0.159. The van der Waals surface area contributed by atoms with E-state index in [1.165, 1.54) is 16.9 Å². The van der Waals surface area contributed by atoms with Crippen molar-refractivity contribution < 1.29 is 81.8 Å². The van der Waals surface area contributed by atoms with Crippen molar-refractivity contribution in [2.75, 3.05) is 13.1 Å². The van der Waals surface area contributed by atoms with Gasteiger partial charge in [-0.3, -0.25) is 67.9 Å². The molecule has 2 aliphatic rings. The van der Waals surface area contributed by atoms with Gasteiger partial charge in [0.05, 0.1) is 54.7 Å². The lowest BCUT2D eigenvalue weighted by atomic mass is 9.91. The fourth-order valence-corrected chi connectivity index (χ4v) is 10.6. The second-order valence-electron chi connectivity index (χ2n) is 30.3. The number of esters is 5. The van der Waals surface area contributed by atoms with Crippen molar-refractivity contribution in [3.63, 3.8) is 0 Å². The van der Waals surface area contributed by atoms with Crippen LogP contribution in [0.1, 0.15) is 224 Å². The standard InChI is InChI=1S/C38H54N4O8.C19H33N3O6.C19H23NO3/c1-23(2)29(21-33(44)50-38(8,9)10)34(45)40-24(3)35(46)42-18-12-14-31(41-42)36(47)48-25(4)27-16-17-30-28(20-27)19-26(22-39-30)13-11-15-32(43)49-37(5,6)7;1-11(2)13(10-15(23)28-19(4,5)6)16(24)20-12(3)17(25)22-9-7-8-14(21-22)18(26)27;1-13(21)15-8-9-17-16(11-15)10-14(12-20-17)6-5-7-18(22)23-19(2,3)4/h11,13,16-17,19-20,22-25,29,31,41H,12,14-15,18,21H2,1-10H3,(H,40,45);11-14,21H,7-10H2,1-6H3,(H,20,24)(H,26,27);5-6,8-13,21H,7H2,1-4H3/b13-11+;;6-5+/t24-,25+,29-,31-;12-,13-,14-;13-/m001/s1. The predicted molar refractivity (Wildman–Crippen MR) is 384 cm³/mol. The maximum absolute atomic E-state index is 13.3. The Morgan fingerprint density at radius 1 is 0.535 bits per heavy atom. The Morgan fingerprint density at radius 3 is 1.28 bits per heavy atom. The number of carbonyl (C=O) groups excluding carboxylic acids is 9. The lowest BCUT2D eigenvalue weighted by Crippen LogP contribution is -2.59. The van der Waals surface area contributed by atoms with Gasteiger partial charge in [0, 0.05) is 36.3 Å². The van der Waals surface area contributed by atoms with E-state index in [0.717, 1.165) is 44.1 Å². The van der Waals surface area contributed by atoms with Gasteiger partial charge in [-0.2, -0.15) is 0 Å². The van der Waals surface area contributed by atoms with Gasteiger partial charge >= 0.3 is 35.8 Å². The minimum atomic E-state index is -1.02. The number of aliphatic hydroxyl groups excluding tert-OH is 1. The number of fused-ring (bicyclic) bond motifs is 2. The van der Waals surface area contributed by atoms with E-state index < -0.39 is 118 Å². The zero-order valence-electron chi connectivity index (χ0n) is 62.7. The van der Waals surface area contributed by atoms with E-state index in [0.29, 0.717) is 38.8 Å². The van der Waals surface area contributed by atoms with Crippen molar-refractivity contribution >= 4 is 93.4 Å². The molecule has 25 nitrogen and oxygen atoms in total. The summed E-state index contributed by atoms with van der Waals surface area (Å²) in [7, 11) is 0. The molecular weight excluding hydrogens is 1300 g/mol. The number of pyridine rings is 2. The largest absolute Gasteiger partial charge is 0.480 e. The van der Waals surface area contributed by atoms with Crippen LogP contribution in [0.5, 0.6) is 0 Å². The van der Waals surface area contributed by atoms with Crippen molar-refractivity contribution in [2.45, 2.75) is 249 Å². The molecule has 2 aliphatic heterocycles. The molecule has 0 unspecified atom stereocenters. The summed E-state index contributed by atoms with van der Waals surface area (Å²) in [5, 5.41) is 28.6. The summed E-state index contributed by atoms with van der Waals surface area (Å²) in [5.74, 6) is -6.26. The Kier molecular flexibility index (Phi) is 31.7. The molecule has 0 radical (unpaired) electrons. The van der Waals surface area contributed by atoms with Crippen LogP contribution in [-0.2, 0) is 71.6 Å². The van der Waals surface area contributed by atoms with Crippen molar-refractivity contribution in [3.05, 3.63) is 95.3 Å². The van der Waals surface area contributed by atoms with E-state index in [4.69, 9.17) is 28.8 Å². The summed E-state index contributed by atoms with van der Waals surface area (Å²) >= 11 is 0. The van der Waals surface area contributed by atoms with E-state index in [9.17, 15) is 53.1 Å². The molecule has 6 N–H and O–H groups in total. The first-order valence-corrected chi connectivity index (χ1v) is 34.7. The zero-order chi connectivity index (χ0) is 76.1. The van der Waals surface area contributed by atoms with Crippen LogP contribution in [0.2, 0.25) is 0 Å². The van der Waals surface area contributed by atoms with E-state index in [1.807, 2.05) is 130 Å². The number of nitrogens with one attached hydrogen (secondary N) is 4. The Bertz CT molecular complexity index is 3590. The SMILES string of the molecule is CC(C)[C@H](CC(=O)OC(C)(C)C)C(=O)N[C@@H](C)C(=O)N1CCC[C@@H](C(=O)O)N1.CC(C)[C@H](CC(=O)OC(C)(C)C)C(=O)N[C@@H](C)C(=O)N1CCC[C@@H](C(=O)O[C@H](C)c2ccc3ncc(/C=C/CC(=O)OC(C)(C)C)cc3c2)N1.C[C@@H](O)c1ccc2ncc(/C=C/CC(=O)OC(C)(C)C)cc2c1. The van der Waals surface area contributed by atoms with Gasteiger partial charge in [-0.05, 0) is 207 Å². The summed E-state index contributed by atoms with van der Waals surface area (Å²) in [6, 6.07) is 11.9.